The van der Waals surface area contributed by atoms with Gasteiger partial charge in [-0.05, 0) is 38.7 Å². The van der Waals surface area contributed by atoms with E-state index in [1.807, 2.05) is 20.0 Å². The van der Waals surface area contributed by atoms with Crippen molar-refractivity contribution in [3.8, 4) is 0 Å². The number of H-pyrrole nitrogens is 1. The van der Waals surface area contributed by atoms with E-state index in [1.165, 1.54) is 5.56 Å². The maximum absolute atomic E-state index is 12.1. The Morgan fingerprint density at radius 1 is 1.45 bits per heavy atom. The lowest BCUT2D eigenvalue weighted by atomic mass is 10.1. The fourth-order valence-corrected chi connectivity index (χ4v) is 2.15. The molecule has 2 aromatic rings. The Hall–Kier alpha value is -2.11. The zero-order chi connectivity index (χ0) is 14.5. The average molecular weight is 276 g/mol. The second-order valence-electron chi connectivity index (χ2n) is 4.79. The Bertz CT molecular complexity index is 586. The van der Waals surface area contributed by atoms with E-state index in [4.69, 9.17) is 4.52 Å². The third-order valence-electron chi connectivity index (χ3n) is 3.34. The molecule has 0 aliphatic carbocycles. The topological polar surface area (TPSA) is 83.8 Å². The second kappa shape index (κ2) is 6.36. The lowest BCUT2D eigenvalue weighted by molar-refractivity contribution is 0.0951. The monoisotopic (exact) mass is 276 g/mol. The van der Waals surface area contributed by atoms with Gasteiger partial charge in [-0.1, -0.05) is 12.1 Å². The molecule has 0 saturated carbocycles. The molecule has 2 aromatic heterocycles. The summed E-state index contributed by atoms with van der Waals surface area (Å²) in [5.74, 6) is 0.467. The van der Waals surface area contributed by atoms with E-state index >= 15 is 0 Å². The highest BCUT2D eigenvalue weighted by atomic mass is 16.5. The summed E-state index contributed by atoms with van der Waals surface area (Å²) in [6, 6.07) is 0. The van der Waals surface area contributed by atoms with Gasteiger partial charge in [-0.25, -0.2) is 0 Å². The Morgan fingerprint density at radius 3 is 2.90 bits per heavy atom. The minimum atomic E-state index is -0.107. The zero-order valence-corrected chi connectivity index (χ0v) is 12.1. The van der Waals surface area contributed by atoms with Crippen LogP contribution in [0, 0.1) is 13.8 Å². The first-order valence-corrected chi connectivity index (χ1v) is 6.85. The number of hydrogen-bond acceptors (Lipinski definition) is 4. The van der Waals surface area contributed by atoms with Crippen LogP contribution in [0.15, 0.2) is 10.7 Å². The smallest absolute Gasteiger partial charge is 0.256 e. The largest absolute Gasteiger partial charge is 0.361 e. The van der Waals surface area contributed by atoms with Gasteiger partial charge < -0.3 is 9.84 Å². The number of nitrogens with zero attached hydrogens (tertiary/aromatic N) is 2. The van der Waals surface area contributed by atoms with Crippen molar-refractivity contribution in [1.29, 1.82) is 0 Å². The molecule has 0 aliphatic heterocycles. The van der Waals surface area contributed by atoms with Gasteiger partial charge in [0.15, 0.2) is 0 Å². The van der Waals surface area contributed by atoms with E-state index in [1.54, 1.807) is 6.92 Å². The Morgan fingerprint density at radius 2 is 2.25 bits per heavy atom. The first-order valence-electron chi connectivity index (χ1n) is 6.85. The molecule has 2 N–H and O–H groups in total. The quantitative estimate of drug-likeness (QED) is 0.790. The molecule has 20 heavy (non-hydrogen) atoms. The molecular weight excluding hydrogens is 256 g/mol. The molecule has 0 fully saturated rings. The molecule has 0 bridgehead atoms. The van der Waals surface area contributed by atoms with Gasteiger partial charge in [-0.3, -0.25) is 9.89 Å². The van der Waals surface area contributed by atoms with Crippen molar-refractivity contribution in [1.82, 2.24) is 20.7 Å². The van der Waals surface area contributed by atoms with Crippen LogP contribution in [0.4, 0.5) is 0 Å². The predicted molar refractivity (Wildman–Crippen MR) is 74.6 cm³/mol. The van der Waals surface area contributed by atoms with Crippen LogP contribution in [0.2, 0.25) is 0 Å². The van der Waals surface area contributed by atoms with Crippen LogP contribution in [0.1, 0.15) is 46.4 Å². The maximum atomic E-state index is 12.1. The van der Waals surface area contributed by atoms with Gasteiger partial charge in [0.25, 0.3) is 5.91 Å². The Balaban J connectivity index is 1.83. The van der Waals surface area contributed by atoms with Crippen LogP contribution >= 0.6 is 0 Å². The summed E-state index contributed by atoms with van der Waals surface area (Å²) in [4.78, 5) is 12.1. The SMILES string of the molecule is CCc1noc(C)c1C(=O)NCCCc1cn[nH]c1C. The zero-order valence-electron chi connectivity index (χ0n) is 12.1. The summed E-state index contributed by atoms with van der Waals surface area (Å²) >= 11 is 0. The number of amides is 1. The molecule has 6 heteroatoms. The summed E-state index contributed by atoms with van der Waals surface area (Å²) in [7, 11) is 0. The molecule has 2 rings (SSSR count). The molecule has 0 atom stereocenters. The first-order chi connectivity index (χ1) is 9.63. The van der Waals surface area contributed by atoms with Crippen LogP contribution < -0.4 is 5.32 Å². The lowest BCUT2D eigenvalue weighted by Gasteiger charge is -2.05. The highest BCUT2D eigenvalue weighted by Crippen LogP contribution is 2.13. The molecule has 0 aliphatic rings. The van der Waals surface area contributed by atoms with Gasteiger partial charge in [0.2, 0.25) is 0 Å². The summed E-state index contributed by atoms with van der Waals surface area (Å²) in [6.07, 6.45) is 4.29. The number of hydrogen-bond donors (Lipinski definition) is 2. The Kier molecular flexibility index (Phi) is 4.55. The molecule has 6 nitrogen and oxygen atoms in total. The summed E-state index contributed by atoms with van der Waals surface area (Å²) in [5.41, 5.74) is 3.56. The molecule has 2 heterocycles. The highest BCUT2D eigenvalue weighted by Gasteiger charge is 2.18. The third kappa shape index (κ3) is 3.07. The standard InChI is InChI=1S/C14H20N4O2/c1-4-12-13(10(3)20-18-12)14(19)15-7-5-6-11-8-16-17-9(11)2/h8H,4-7H2,1-3H3,(H,15,19)(H,16,17). The minimum Gasteiger partial charge on any atom is -0.361 e. The number of aromatic nitrogens is 3. The van der Waals surface area contributed by atoms with Crippen molar-refractivity contribution in [3.63, 3.8) is 0 Å². The molecule has 0 spiro atoms. The van der Waals surface area contributed by atoms with Crippen molar-refractivity contribution < 1.29 is 9.32 Å². The fraction of sp³-hybridized carbons (Fsp3) is 0.500. The van der Waals surface area contributed by atoms with Crippen LogP contribution in [0.25, 0.3) is 0 Å². The fourth-order valence-electron chi connectivity index (χ4n) is 2.15. The van der Waals surface area contributed by atoms with Crippen molar-refractivity contribution >= 4 is 5.91 Å². The van der Waals surface area contributed by atoms with E-state index in [-0.39, 0.29) is 5.91 Å². The molecular formula is C14H20N4O2. The maximum Gasteiger partial charge on any atom is 0.256 e. The molecule has 0 unspecified atom stereocenters. The highest BCUT2D eigenvalue weighted by molar-refractivity contribution is 5.96. The lowest BCUT2D eigenvalue weighted by Crippen LogP contribution is -2.26. The third-order valence-corrected chi connectivity index (χ3v) is 3.34. The number of aromatic amines is 1. The van der Waals surface area contributed by atoms with E-state index < -0.39 is 0 Å². The number of rotatable bonds is 6. The number of aryl methyl sites for hydroxylation is 4. The van der Waals surface area contributed by atoms with Gasteiger partial charge in [0.05, 0.1) is 11.9 Å². The average Bonchev–Trinajstić information content (AvgIpc) is 3.00. The van der Waals surface area contributed by atoms with Gasteiger partial charge >= 0.3 is 0 Å². The molecule has 1 amide bonds. The number of carbonyl (C=O) groups excluding carboxylic acids is 1. The van der Waals surface area contributed by atoms with Crippen molar-refractivity contribution in [2.75, 3.05) is 6.54 Å². The second-order valence-corrected chi connectivity index (χ2v) is 4.79. The first kappa shape index (κ1) is 14.3. The van der Waals surface area contributed by atoms with E-state index in [0.29, 0.717) is 30.0 Å². The predicted octanol–water partition coefficient (Wildman–Crippen LogP) is 1.94. The molecule has 108 valence electrons. The van der Waals surface area contributed by atoms with E-state index in [2.05, 4.69) is 20.7 Å². The van der Waals surface area contributed by atoms with Gasteiger partial charge in [-0.2, -0.15) is 5.10 Å². The normalized spacial score (nSPS) is 10.8. The van der Waals surface area contributed by atoms with Crippen LogP contribution in [-0.4, -0.2) is 27.8 Å². The van der Waals surface area contributed by atoms with Gasteiger partial charge in [0, 0.05) is 12.2 Å². The Labute approximate surface area is 117 Å². The van der Waals surface area contributed by atoms with Crippen LogP contribution in [0.5, 0.6) is 0 Å². The van der Waals surface area contributed by atoms with Gasteiger partial charge in [0.1, 0.15) is 11.3 Å². The number of carbonyl (C=O) groups is 1. The molecule has 0 saturated heterocycles. The number of nitrogens with one attached hydrogen (secondary N) is 2. The summed E-state index contributed by atoms with van der Waals surface area (Å²) in [6.45, 7) is 6.33. The van der Waals surface area contributed by atoms with Crippen molar-refractivity contribution in [2.24, 2.45) is 0 Å². The summed E-state index contributed by atoms with van der Waals surface area (Å²) < 4.78 is 5.07. The summed E-state index contributed by atoms with van der Waals surface area (Å²) in [5, 5.41) is 13.7. The van der Waals surface area contributed by atoms with Crippen molar-refractivity contribution in [2.45, 2.75) is 40.0 Å². The van der Waals surface area contributed by atoms with E-state index in [9.17, 15) is 4.79 Å². The van der Waals surface area contributed by atoms with Crippen LogP contribution in [0.3, 0.4) is 0 Å². The molecule has 0 aromatic carbocycles. The van der Waals surface area contributed by atoms with Gasteiger partial charge in [-0.15, -0.1) is 0 Å². The molecule has 0 radical (unpaired) electrons. The van der Waals surface area contributed by atoms with Crippen molar-refractivity contribution in [3.05, 3.63) is 34.5 Å². The van der Waals surface area contributed by atoms with E-state index in [0.717, 1.165) is 18.5 Å². The minimum absolute atomic E-state index is 0.107. The van der Waals surface area contributed by atoms with Crippen LogP contribution in [-0.2, 0) is 12.8 Å².